The minimum absolute atomic E-state index is 0.556. The molecule has 358 valence electrons. The number of pyridine rings is 2. The molecule has 0 saturated heterocycles. The van der Waals surface area contributed by atoms with Crippen LogP contribution in [0, 0.1) is 11.3 Å². The Morgan fingerprint density at radius 1 is 0.273 bits per heavy atom. The van der Waals surface area contributed by atoms with E-state index in [1.807, 2.05) is 24.5 Å². The van der Waals surface area contributed by atoms with Crippen molar-refractivity contribution in [1.82, 2.24) is 23.7 Å². The number of nitrogens with zero attached hydrogens (tertiary/aromatic N) is 6. The second kappa shape index (κ2) is 17.8. The first-order valence-electron chi connectivity index (χ1n) is 25.9. The molecule has 0 atom stereocenters. The van der Waals surface area contributed by atoms with Gasteiger partial charge in [0.1, 0.15) is 22.7 Å². The van der Waals surface area contributed by atoms with Crippen LogP contribution in [0.5, 0.6) is 0 Å². The van der Waals surface area contributed by atoms with Gasteiger partial charge in [-0.3, -0.25) is 9.97 Å². The number of aromatic nitrogens is 5. The van der Waals surface area contributed by atoms with Crippen molar-refractivity contribution in [3.8, 4) is 78.8 Å². The molecule has 0 saturated carbocycles. The van der Waals surface area contributed by atoms with E-state index in [1.165, 1.54) is 0 Å². The summed E-state index contributed by atoms with van der Waals surface area (Å²) in [5.74, 6) is 0. The van der Waals surface area contributed by atoms with Crippen LogP contribution in [-0.2, 0) is 0 Å². The SMILES string of the molecule is N#Cc1c(-n2c3ccc(-c4ccccc4)cc3c3cc(-c4ccccc4)ccc32)cc(-c2cccc(-n3c4cccnc4c4ncccc43)c2)cc1-n1c2ccc(-c3ccccc3)cc2c2cc(-c3ccccc3)ccc21. The fraction of sp³-hybridized carbons (Fsp3) is 0. The van der Waals surface area contributed by atoms with Gasteiger partial charge in [-0.1, -0.05) is 158 Å². The molecule has 0 unspecified atom stereocenters. The second-order valence-corrected chi connectivity index (χ2v) is 19.7. The highest BCUT2D eigenvalue weighted by Gasteiger charge is 2.25. The predicted octanol–water partition coefficient (Wildman–Crippen LogP) is 18.0. The Morgan fingerprint density at radius 2 is 0.623 bits per heavy atom. The van der Waals surface area contributed by atoms with E-state index in [4.69, 9.17) is 9.97 Å². The summed E-state index contributed by atoms with van der Waals surface area (Å²) in [6.07, 6.45) is 3.66. The average Bonchev–Trinajstić information content (AvgIpc) is 4.29. The van der Waals surface area contributed by atoms with Crippen LogP contribution in [0.4, 0.5) is 0 Å². The molecule has 0 aliphatic rings. The van der Waals surface area contributed by atoms with Crippen molar-refractivity contribution in [2.24, 2.45) is 0 Å². The smallest absolute Gasteiger partial charge is 0.115 e. The van der Waals surface area contributed by atoms with Crippen molar-refractivity contribution in [3.63, 3.8) is 0 Å². The highest BCUT2D eigenvalue weighted by Crippen LogP contribution is 2.44. The van der Waals surface area contributed by atoms with E-state index in [9.17, 15) is 5.26 Å². The van der Waals surface area contributed by atoms with Gasteiger partial charge in [-0.05, 0) is 153 Å². The van der Waals surface area contributed by atoms with E-state index >= 15 is 0 Å². The number of hydrogen-bond donors (Lipinski definition) is 0. The zero-order chi connectivity index (χ0) is 51.0. The molecule has 5 aromatic heterocycles. The van der Waals surface area contributed by atoms with E-state index < -0.39 is 0 Å². The van der Waals surface area contributed by atoms with Gasteiger partial charge in [-0.15, -0.1) is 0 Å². The summed E-state index contributed by atoms with van der Waals surface area (Å²) in [5.41, 5.74) is 21.8. The maximum Gasteiger partial charge on any atom is 0.115 e. The highest BCUT2D eigenvalue weighted by molar-refractivity contribution is 6.14. The molecule has 77 heavy (non-hydrogen) atoms. The first-order chi connectivity index (χ1) is 38.1. The van der Waals surface area contributed by atoms with Crippen LogP contribution in [0.1, 0.15) is 5.56 Å². The molecular formula is C71H44N6. The molecule has 0 N–H and O–H groups in total. The Hall–Kier alpha value is -10.6. The maximum atomic E-state index is 12.0. The van der Waals surface area contributed by atoms with Gasteiger partial charge in [0, 0.05) is 39.6 Å². The molecule has 0 spiro atoms. The fourth-order valence-corrected chi connectivity index (χ4v) is 11.8. The Labute approximate surface area is 443 Å². The summed E-state index contributed by atoms with van der Waals surface area (Å²) in [7, 11) is 0. The number of hydrogen-bond acceptors (Lipinski definition) is 3. The average molecular weight is 981 g/mol. The molecule has 6 heteroatoms. The first kappa shape index (κ1) is 43.9. The van der Waals surface area contributed by atoms with Gasteiger partial charge in [0.05, 0.1) is 44.5 Å². The molecular weight excluding hydrogens is 937 g/mol. The van der Waals surface area contributed by atoms with Crippen molar-refractivity contribution >= 4 is 65.7 Å². The van der Waals surface area contributed by atoms with Crippen molar-refractivity contribution in [3.05, 3.63) is 273 Å². The fourth-order valence-electron chi connectivity index (χ4n) is 11.8. The van der Waals surface area contributed by atoms with Gasteiger partial charge in [-0.25, -0.2) is 0 Å². The highest BCUT2D eigenvalue weighted by atomic mass is 15.0. The zero-order valence-electron chi connectivity index (χ0n) is 41.6. The molecule has 0 amide bonds. The first-order valence-corrected chi connectivity index (χ1v) is 25.9. The van der Waals surface area contributed by atoms with E-state index in [1.54, 1.807) is 0 Å². The quantitative estimate of drug-likeness (QED) is 0.152. The molecule has 0 aliphatic heterocycles. The molecule has 0 radical (unpaired) electrons. The van der Waals surface area contributed by atoms with Crippen LogP contribution in [-0.4, -0.2) is 23.7 Å². The van der Waals surface area contributed by atoms with E-state index in [0.29, 0.717) is 5.56 Å². The van der Waals surface area contributed by atoms with E-state index in [0.717, 1.165) is 138 Å². The molecule has 0 fully saturated rings. The normalized spacial score (nSPS) is 11.6. The zero-order valence-corrected chi connectivity index (χ0v) is 41.6. The lowest BCUT2D eigenvalue weighted by Gasteiger charge is -2.19. The summed E-state index contributed by atoms with van der Waals surface area (Å²) in [6.45, 7) is 0. The molecule has 15 rings (SSSR count). The summed E-state index contributed by atoms with van der Waals surface area (Å²) < 4.78 is 6.90. The number of fused-ring (bicyclic) bond motifs is 9. The third-order valence-corrected chi connectivity index (χ3v) is 15.4. The van der Waals surface area contributed by atoms with Crippen LogP contribution >= 0.6 is 0 Å². The largest absolute Gasteiger partial charge is 0.308 e. The lowest BCUT2D eigenvalue weighted by Crippen LogP contribution is -2.05. The Bertz CT molecular complexity index is 4380. The van der Waals surface area contributed by atoms with Crippen molar-refractivity contribution in [2.75, 3.05) is 0 Å². The van der Waals surface area contributed by atoms with E-state index in [-0.39, 0.29) is 0 Å². The van der Waals surface area contributed by atoms with Crippen LogP contribution < -0.4 is 0 Å². The minimum Gasteiger partial charge on any atom is -0.308 e. The molecule has 0 bridgehead atoms. The minimum atomic E-state index is 0.556. The Balaban J connectivity index is 1.04. The number of nitriles is 1. The third-order valence-electron chi connectivity index (χ3n) is 15.4. The van der Waals surface area contributed by atoms with Crippen LogP contribution in [0.3, 0.4) is 0 Å². The summed E-state index contributed by atoms with van der Waals surface area (Å²) in [5, 5.41) is 16.4. The van der Waals surface area contributed by atoms with Crippen LogP contribution in [0.2, 0.25) is 0 Å². The Morgan fingerprint density at radius 3 is 0.987 bits per heavy atom. The third kappa shape index (κ3) is 7.17. The summed E-state index contributed by atoms with van der Waals surface area (Å²) >= 11 is 0. The Kier molecular flexibility index (Phi) is 10.2. The standard InChI is InChI=1S/C71H44N6/c72-45-61-68(76-62-32-28-51(46-16-5-1-6-17-46)39-57(62)58-40-52(29-33-63(58)76)47-18-7-2-8-19-47)43-55(50-24-13-25-56(38-50)75-66-26-14-36-73-70(66)71-67(75)27-15-37-74-71)44-69(61)77-64-34-30-53(48-20-9-3-10-21-48)41-59(64)60-42-54(31-35-65(60)77)49-22-11-4-12-23-49/h1-44H. The van der Waals surface area contributed by atoms with Gasteiger partial charge in [0.25, 0.3) is 0 Å². The lowest BCUT2D eigenvalue weighted by molar-refractivity contribution is 1.12. The number of benzene rings is 10. The maximum absolute atomic E-state index is 12.0. The summed E-state index contributed by atoms with van der Waals surface area (Å²) in [6, 6.07) is 93.5. The van der Waals surface area contributed by atoms with Gasteiger partial charge in [0.2, 0.25) is 0 Å². The number of rotatable bonds is 8. The van der Waals surface area contributed by atoms with E-state index in [2.05, 4.69) is 262 Å². The summed E-state index contributed by atoms with van der Waals surface area (Å²) in [4.78, 5) is 9.61. The molecule has 0 aliphatic carbocycles. The lowest BCUT2D eigenvalue weighted by atomic mass is 9.99. The van der Waals surface area contributed by atoms with Gasteiger partial charge in [0.15, 0.2) is 0 Å². The van der Waals surface area contributed by atoms with Crippen LogP contribution in [0.15, 0.2) is 267 Å². The van der Waals surface area contributed by atoms with Crippen LogP contribution in [0.25, 0.3) is 138 Å². The van der Waals surface area contributed by atoms with Gasteiger partial charge in [-0.2, -0.15) is 5.26 Å². The monoisotopic (exact) mass is 980 g/mol. The van der Waals surface area contributed by atoms with Crippen molar-refractivity contribution in [2.45, 2.75) is 0 Å². The van der Waals surface area contributed by atoms with Crippen molar-refractivity contribution in [1.29, 1.82) is 5.26 Å². The van der Waals surface area contributed by atoms with Gasteiger partial charge < -0.3 is 13.7 Å². The molecule has 5 heterocycles. The topological polar surface area (TPSA) is 64.4 Å². The predicted molar refractivity (Wildman–Crippen MR) is 317 cm³/mol. The molecule has 15 aromatic rings. The molecule has 10 aromatic carbocycles. The van der Waals surface area contributed by atoms with Gasteiger partial charge >= 0.3 is 0 Å². The van der Waals surface area contributed by atoms with Crippen molar-refractivity contribution < 1.29 is 0 Å². The molecule has 6 nitrogen and oxygen atoms in total. The second-order valence-electron chi connectivity index (χ2n) is 19.7.